The van der Waals surface area contributed by atoms with E-state index >= 15 is 0 Å². The molecule has 0 aliphatic rings. The molecule has 0 amide bonds. The molecular formula is C10H14O. The van der Waals surface area contributed by atoms with Gasteiger partial charge in [0, 0.05) is 0 Å². The molecular weight excluding hydrogens is 136 g/mol. The molecule has 0 N–H and O–H groups in total. The lowest BCUT2D eigenvalue weighted by atomic mass is 10.3. The summed E-state index contributed by atoms with van der Waals surface area (Å²) >= 11 is 0. The van der Waals surface area contributed by atoms with E-state index in [0.717, 1.165) is 12.2 Å². The Morgan fingerprint density at radius 1 is 1.27 bits per heavy atom. The minimum atomic E-state index is 0.317. The van der Waals surface area contributed by atoms with Crippen LogP contribution in [0, 0.1) is 0 Å². The average molecular weight is 150 g/mol. The summed E-state index contributed by atoms with van der Waals surface area (Å²) in [5, 5.41) is 0. The predicted molar refractivity (Wildman–Crippen MR) is 46.8 cm³/mol. The van der Waals surface area contributed by atoms with Gasteiger partial charge in [-0.05, 0) is 25.5 Å². The van der Waals surface area contributed by atoms with Gasteiger partial charge in [0.25, 0.3) is 0 Å². The average Bonchev–Trinajstić information content (AvgIpc) is 2.06. The highest BCUT2D eigenvalue weighted by Gasteiger charge is 1.97. The fraction of sp³-hybridized carbons (Fsp3) is 0.400. The van der Waals surface area contributed by atoms with Crippen LogP contribution in [0.1, 0.15) is 20.3 Å². The molecule has 1 nitrogen and oxygen atoms in total. The Morgan fingerprint density at radius 3 is 2.45 bits per heavy atom. The molecule has 0 radical (unpaired) electrons. The topological polar surface area (TPSA) is 9.23 Å². The maximum atomic E-state index is 5.56. The molecule has 1 unspecified atom stereocenters. The van der Waals surface area contributed by atoms with Crippen molar-refractivity contribution in [3.8, 4) is 5.75 Å². The first-order valence-electron chi connectivity index (χ1n) is 4.04. The maximum Gasteiger partial charge on any atom is 0.119 e. The molecule has 0 aromatic heterocycles. The van der Waals surface area contributed by atoms with E-state index in [9.17, 15) is 0 Å². The number of ether oxygens (including phenoxy) is 1. The third-order valence-electron chi connectivity index (χ3n) is 1.66. The summed E-state index contributed by atoms with van der Waals surface area (Å²) in [5.41, 5.74) is 0. The van der Waals surface area contributed by atoms with Crippen molar-refractivity contribution in [2.45, 2.75) is 26.4 Å². The molecule has 11 heavy (non-hydrogen) atoms. The van der Waals surface area contributed by atoms with Crippen LogP contribution in [0.2, 0.25) is 0 Å². The van der Waals surface area contributed by atoms with Gasteiger partial charge in [0.05, 0.1) is 6.10 Å². The zero-order valence-electron chi connectivity index (χ0n) is 7.08. The van der Waals surface area contributed by atoms with Crippen LogP contribution in [0.15, 0.2) is 30.3 Å². The summed E-state index contributed by atoms with van der Waals surface area (Å²) in [6.07, 6.45) is 1.37. The molecule has 0 spiro atoms. The van der Waals surface area contributed by atoms with Crippen molar-refractivity contribution in [3.63, 3.8) is 0 Å². The van der Waals surface area contributed by atoms with Crippen LogP contribution in [0.3, 0.4) is 0 Å². The number of hydrogen-bond acceptors (Lipinski definition) is 1. The molecule has 60 valence electrons. The Labute approximate surface area is 68.0 Å². The number of para-hydroxylation sites is 1. The Hall–Kier alpha value is -0.980. The number of benzene rings is 1. The van der Waals surface area contributed by atoms with Crippen LogP contribution in [-0.2, 0) is 0 Å². The third-order valence-corrected chi connectivity index (χ3v) is 1.66. The zero-order valence-corrected chi connectivity index (χ0v) is 7.08. The van der Waals surface area contributed by atoms with Crippen molar-refractivity contribution in [1.29, 1.82) is 0 Å². The van der Waals surface area contributed by atoms with Crippen LogP contribution in [-0.4, -0.2) is 6.10 Å². The molecule has 1 atom stereocenters. The van der Waals surface area contributed by atoms with Gasteiger partial charge < -0.3 is 4.74 Å². The third kappa shape index (κ3) is 2.62. The second kappa shape index (κ2) is 4.02. The first-order chi connectivity index (χ1) is 5.33. The first kappa shape index (κ1) is 8.12. The van der Waals surface area contributed by atoms with E-state index in [0.29, 0.717) is 6.10 Å². The largest absolute Gasteiger partial charge is 0.491 e. The standard InChI is InChI=1S/C10H14O/c1-3-9(2)11-10-7-5-4-6-8-10/h4-9H,3H2,1-2H3. The van der Waals surface area contributed by atoms with Gasteiger partial charge in [-0.15, -0.1) is 0 Å². The van der Waals surface area contributed by atoms with Crippen molar-refractivity contribution >= 4 is 0 Å². The van der Waals surface area contributed by atoms with Crippen LogP contribution < -0.4 is 4.74 Å². The van der Waals surface area contributed by atoms with Crippen LogP contribution in [0.4, 0.5) is 0 Å². The van der Waals surface area contributed by atoms with Gasteiger partial charge in [0.2, 0.25) is 0 Å². The van der Waals surface area contributed by atoms with Crippen LogP contribution >= 0.6 is 0 Å². The zero-order chi connectivity index (χ0) is 8.10. The van der Waals surface area contributed by atoms with Gasteiger partial charge >= 0.3 is 0 Å². The van der Waals surface area contributed by atoms with Crippen molar-refractivity contribution < 1.29 is 4.74 Å². The molecule has 1 heteroatoms. The van der Waals surface area contributed by atoms with Crippen LogP contribution in [0.5, 0.6) is 5.75 Å². The SMILES string of the molecule is CCC(C)Oc1ccccc1. The summed E-state index contributed by atoms with van der Waals surface area (Å²) < 4.78 is 5.56. The van der Waals surface area contributed by atoms with Gasteiger partial charge in [-0.25, -0.2) is 0 Å². The predicted octanol–water partition coefficient (Wildman–Crippen LogP) is 2.86. The minimum Gasteiger partial charge on any atom is -0.491 e. The second-order valence-corrected chi connectivity index (χ2v) is 2.65. The number of rotatable bonds is 3. The highest BCUT2D eigenvalue weighted by Crippen LogP contribution is 2.11. The lowest BCUT2D eigenvalue weighted by Crippen LogP contribution is -2.09. The lowest BCUT2D eigenvalue weighted by molar-refractivity contribution is 0.217. The molecule has 0 saturated carbocycles. The lowest BCUT2D eigenvalue weighted by Gasteiger charge is -2.11. The molecule has 0 bridgehead atoms. The van der Waals surface area contributed by atoms with Gasteiger partial charge in [-0.2, -0.15) is 0 Å². The highest BCUT2D eigenvalue weighted by molar-refractivity contribution is 5.21. The Morgan fingerprint density at radius 2 is 1.91 bits per heavy atom. The Balaban J connectivity index is 2.51. The normalized spacial score (nSPS) is 12.5. The summed E-state index contributed by atoms with van der Waals surface area (Å²) in [7, 11) is 0. The fourth-order valence-corrected chi connectivity index (χ4v) is 0.815. The maximum absolute atomic E-state index is 5.56. The molecule has 1 rings (SSSR count). The van der Waals surface area contributed by atoms with E-state index in [-0.39, 0.29) is 0 Å². The molecule has 0 fully saturated rings. The summed E-state index contributed by atoms with van der Waals surface area (Å²) in [4.78, 5) is 0. The Kier molecular flexibility index (Phi) is 2.96. The monoisotopic (exact) mass is 150 g/mol. The molecule has 1 aromatic rings. The fourth-order valence-electron chi connectivity index (χ4n) is 0.815. The first-order valence-corrected chi connectivity index (χ1v) is 4.04. The van der Waals surface area contributed by atoms with Crippen LogP contribution in [0.25, 0.3) is 0 Å². The summed E-state index contributed by atoms with van der Waals surface area (Å²) in [6, 6.07) is 9.91. The smallest absolute Gasteiger partial charge is 0.119 e. The van der Waals surface area contributed by atoms with Crippen molar-refractivity contribution in [3.05, 3.63) is 30.3 Å². The number of hydrogen-bond donors (Lipinski definition) is 0. The van der Waals surface area contributed by atoms with E-state index in [1.807, 2.05) is 30.3 Å². The Bertz CT molecular complexity index is 193. The van der Waals surface area contributed by atoms with E-state index in [1.165, 1.54) is 0 Å². The van der Waals surface area contributed by atoms with E-state index in [2.05, 4.69) is 13.8 Å². The molecule has 0 heterocycles. The summed E-state index contributed by atoms with van der Waals surface area (Å²) in [5.74, 6) is 0.960. The van der Waals surface area contributed by atoms with Gasteiger partial charge in [0.15, 0.2) is 0 Å². The highest BCUT2D eigenvalue weighted by atomic mass is 16.5. The van der Waals surface area contributed by atoms with Gasteiger partial charge in [0.1, 0.15) is 5.75 Å². The molecule has 0 aliphatic carbocycles. The van der Waals surface area contributed by atoms with Crippen molar-refractivity contribution in [1.82, 2.24) is 0 Å². The van der Waals surface area contributed by atoms with Crippen molar-refractivity contribution in [2.75, 3.05) is 0 Å². The minimum absolute atomic E-state index is 0.317. The van der Waals surface area contributed by atoms with E-state index in [4.69, 9.17) is 4.74 Å². The van der Waals surface area contributed by atoms with Gasteiger partial charge in [-0.3, -0.25) is 0 Å². The quantitative estimate of drug-likeness (QED) is 0.643. The van der Waals surface area contributed by atoms with E-state index < -0.39 is 0 Å². The van der Waals surface area contributed by atoms with E-state index in [1.54, 1.807) is 0 Å². The van der Waals surface area contributed by atoms with Gasteiger partial charge in [-0.1, -0.05) is 25.1 Å². The molecule has 0 aliphatic heterocycles. The molecule has 1 aromatic carbocycles. The molecule has 0 saturated heterocycles. The van der Waals surface area contributed by atoms with Crippen molar-refractivity contribution in [2.24, 2.45) is 0 Å². The second-order valence-electron chi connectivity index (χ2n) is 2.65. The summed E-state index contributed by atoms with van der Waals surface area (Å²) in [6.45, 7) is 4.20.